The quantitative estimate of drug-likeness (QED) is 0.486. The third kappa shape index (κ3) is 5.94. The lowest BCUT2D eigenvalue weighted by Gasteiger charge is -2.23. The molecule has 30 heavy (non-hydrogen) atoms. The molecule has 5 nitrogen and oxygen atoms in total. The van der Waals surface area contributed by atoms with Crippen molar-refractivity contribution in [2.75, 3.05) is 11.9 Å². The number of hydrogen-bond acceptors (Lipinski definition) is 5. The van der Waals surface area contributed by atoms with E-state index in [1.54, 1.807) is 6.20 Å². The predicted molar refractivity (Wildman–Crippen MR) is 124 cm³/mol. The number of halogens is 1. The van der Waals surface area contributed by atoms with Crippen LogP contribution in [0.5, 0.6) is 0 Å². The first-order valence-electron chi connectivity index (χ1n) is 10.7. The first-order valence-corrected chi connectivity index (χ1v) is 10.7. The second kappa shape index (κ2) is 10.4. The molecular weight excluding hydrogens is 377 g/mol. The Hall–Kier alpha value is -2.63. The number of nitrogens with zero attached hydrogens (tertiary/aromatic N) is 4. The summed E-state index contributed by atoms with van der Waals surface area (Å²) in [4.78, 5) is 18.3. The molecule has 0 aliphatic heterocycles. The highest BCUT2D eigenvalue weighted by Gasteiger charge is 2.26. The van der Waals surface area contributed by atoms with Crippen molar-refractivity contribution < 1.29 is 4.39 Å². The monoisotopic (exact) mass is 411 g/mol. The fourth-order valence-electron chi connectivity index (χ4n) is 3.40. The number of nitrogens with one attached hydrogen (secondary N) is 1. The summed E-state index contributed by atoms with van der Waals surface area (Å²) in [5, 5.41) is 3.07. The molecule has 162 valence electrons. The van der Waals surface area contributed by atoms with Gasteiger partial charge in [0.1, 0.15) is 5.67 Å². The lowest BCUT2D eigenvalue weighted by atomic mass is 9.97. The van der Waals surface area contributed by atoms with Crippen molar-refractivity contribution in [3.63, 3.8) is 0 Å². The summed E-state index contributed by atoms with van der Waals surface area (Å²) >= 11 is 0. The third-order valence-corrected chi connectivity index (χ3v) is 5.13. The standard InChI is InChI=1S/C24H34FN5/c1-8-13-24(25,10-3)15-27-23-26-14-20(17(6)30-23)19(9-2)22-12-11-21(18(7)29-22)28-16(4)5/h9,11-12,14H,8,10,13,15H2,1-7H3,(H,26,27,30)/b19-9+. The Balaban J connectivity index is 2.26. The minimum absolute atomic E-state index is 0.214. The van der Waals surface area contributed by atoms with Gasteiger partial charge in [-0.05, 0) is 59.6 Å². The van der Waals surface area contributed by atoms with Crippen LogP contribution in [0.3, 0.4) is 0 Å². The molecule has 2 aromatic rings. The molecule has 0 aliphatic rings. The molecule has 0 aromatic carbocycles. The van der Waals surface area contributed by atoms with Gasteiger partial charge in [0.2, 0.25) is 5.95 Å². The Morgan fingerprint density at radius 3 is 2.43 bits per heavy atom. The van der Waals surface area contributed by atoms with Gasteiger partial charge in [0.15, 0.2) is 0 Å². The van der Waals surface area contributed by atoms with Crippen molar-refractivity contribution in [1.29, 1.82) is 0 Å². The summed E-state index contributed by atoms with van der Waals surface area (Å²) in [5.74, 6) is 0.450. The van der Waals surface area contributed by atoms with E-state index in [9.17, 15) is 4.39 Å². The van der Waals surface area contributed by atoms with Gasteiger partial charge in [0.05, 0.1) is 29.3 Å². The van der Waals surface area contributed by atoms with Crippen LogP contribution < -0.4 is 5.32 Å². The van der Waals surface area contributed by atoms with Crippen LogP contribution in [0.25, 0.3) is 5.57 Å². The van der Waals surface area contributed by atoms with Gasteiger partial charge in [0.25, 0.3) is 0 Å². The van der Waals surface area contributed by atoms with E-state index in [1.807, 2.05) is 66.7 Å². The van der Waals surface area contributed by atoms with Gasteiger partial charge in [0, 0.05) is 23.0 Å². The van der Waals surface area contributed by atoms with E-state index in [-0.39, 0.29) is 6.54 Å². The molecule has 6 heteroatoms. The highest BCUT2D eigenvalue weighted by Crippen LogP contribution is 2.28. The minimum atomic E-state index is -1.23. The van der Waals surface area contributed by atoms with E-state index >= 15 is 0 Å². The Labute approximate surface area is 180 Å². The van der Waals surface area contributed by atoms with E-state index in [4.69, 9.17) is 4.98 Å². The van der Waals surface area contributed by atoms with Crippen molar-refractivity contribution >= 4 is 22.9 Å². The molecule has 1 unspecified atom stereocenters. The molecule has 0 saturated carbocycles. The second-order valence-electron chi connectivity index (χ2n) is 7.86. The van der Waals surface area contributed by atoms with Crippen molar-refractivity contribution in [1.82, 2.24) is 15.0 Å². The number of aryl methyl sites for hydroxylation is 2. The smallest absolute Gasteiger partial charge is 0.222 e. The molecule has 0 bridgehead atoms. The summed E-state index contributed by atoms with van der Waals surface area (Å²) in [7, 11) is 0. The van der Waals surface area contributed by atoms with Crippen LogP contribution >= 0.6 is 0 Å². The van der Waals surface area contributed by atoms with Gasteiger partial charge < -0.3 is 5.32 Å². The van der Waals surface area contributed by atoms with Crippen LogP contribution in [0.15, 0.2) is 29.4 Å². The largest absolute Gasteiger partial charge is 0.351 e. The highest BCUT2D eigenvalue weighted by atomic mass is 19.1. The molecule has 1 N–H and O–H groups in total. The average Bonchev–Trinajstić information content (AvgIpc) is 2.70. The van der Waals surface area contributed by atoms with Crippen molar-refractivity contribution in [2.45, 2.75) is 73.4 Å². The van der Waals surface area contributed by atoms with E-state index < -0.39 is 5.67 Å². The number of hydrogen-bond donors (Lipinski definition) is 1. The molecule has 2 aromatic heterocycles. The maximum atomic E-state index is 14.8. The molecule has 0 aliphatic carbocycles. The fourth-order valence-corrected chi connectivity index (χ4v) is 3.40. The maximum absolute atomic E-state index is 14.8. The van der Waals surface area contributed by atoms with Gasteiger partial charge in [-0.3, -0.25) is 9.98 Å². The molecule has 2 rings (SSSR count). The van der Waals surface area contributed by atoms with Gasteiger partial charge in [-0.2, -0.15) is 0 Å². The van der Waals surface area contributed by atoms with Crippen LogP contribution in [0, 0.1) is 13.8 Å². The van der Waals surface area contributed by atoms with E-state index in [2.05, 4.69) is 20.3 Å². The SMILES string of the molecule is C/C=C(/c1ccc(N=C(C)C)c(C)n1)c1cnc(NCC(F)(CC)CCC)nc1C. The Morgan fingerprint density at radius 1 is 1.17 bits per heavy atom. The highest BCUT2D eigenvalue weighted by molar-refractivity contribution is 5.83. The number of alkyl halides is 1. The molecular formula is C24H34FN5. The van der Waals surface area contributed by atoms with Crippen molar-refractivity contribution in [3.8, 4) is 0 Å². The van der Waals surface area contributed by atoms with Crippen LogP contribution in [-0.4, -0.2) is 32.9 Å². The third-order valence-electron chi connectivity index (χ3n) is 5.13. The average molecular weight is 412 g/mol. The molecule has 0 radical (unpaired) electrons. The first kappa shape index (κ1) is 23.6. The fraction of sp³-hybridized carbons (Fsp3) is 0.500. The van der Waals surface area contributed by atoms with Gasteiger partial charge in [-0.15, -0.1) is 0 Å². The number of aliphatic imine (C=N–C) groups is 1. The summed E-state index contributed by atoms with van der Waals surface area (Å²) < 4.78 is 14.8. The van der Waals surface area contributed by atoms with Crippen molar-refractivity contribution in [3.05, 3.63) is 47.1 Å². The summed E-state index contributed by atoms with van der Waals surface area (Å²) in [5.41, 5.74) is 5.06. The van der Waals surface area contributed by atoms with E-state index in [1.165, 1.54) is 0 Å². The lowest BCUT2D eigenvalue weighted by molar-refractivity contribution is 0.158. The zero-order valence-corrected chi connectivity index (χ0v) is 19.3. The number of pyridine rings is 1. The molecule has 0 saturated heterocycles. The summed E-state index contributed by atoms with van der Waals surface area (Å²) in [6.07, 6.45) is 5.60. The predicted octanol–water partition coefficient (Wildman–Crippen LogP) is 6.38. The van der Waals surface area contributed by atoms with E-state index in [0.717, 1.165) is 46.0 Å². The van der Waals surface area contributed by atoms with Gasteiger partial charge in [-0.25, -0.2) is 14.4 Å². The zero-order chi connectivity index (χ0) is 22.3. The number of aromatic nitrogens is 3. The van der Waals surface area contributed by atoms with Crippen LogP contribution in [0.1, 0.15) is 76.5 Å². The van der Waals surface area contributed by atoms with E-state index in [0.29, 0.717) is 18.8 Å². The number of rotatable bonds is 9. The van der Waals surface area contributed by atoms with Gasteiger partial charge in [-0.1, -0.05) is 26.3 Å². The summed E-state index contributed by atoms with van der Waals surface area (Å²) in [6, 6.07) is 3.96. The van der Waals surface area contributed by atoms with Crippen LogP contribution in [0.4, 0.5) is 16.0 Å². The van der Waals surface area contributed by atoms with Crippen LogP contribution in [0.2, 0.25) is 0 Å². The minimum Gasteiger partial charge on any atom is -0.351 e. The Bertz CT molecular complexity index is 931. The normalized spacial score (nSPS) is 13.7. The molecule has 1 atom stereocenters. The Kier molecular flexibility index (Phi) is 8.21. The molecule has 0 spiro atoms. The first-order chi connectivity index (χ1) is 14.2. The Morgan fingerprint density at radius 2 is 1.90 bits per heavy atom. The maximum Gasteiger partial charge on any atom is 0.222 e. The molecule has 2 heterocycles. The van der Waals surface area contributed by atoms with Crippen LogP contribution in [-0.2, 0) is 0 Å². The number of anilines is 1. The zero-order valence-electron chi connectivity index (χ0n) is 19.3. The lowest BCUT2D eigenvalue weighted by Crippen LogP contribution is -2.32. The molecule has 0 amide bonds. The topological polar surface area (TPSA) is 63.1 Å². The second-order valence-corrected chi connectivity index (χ2v) is 7.86. The summed E-state index contributed by atoms with van der Waals surface area (Å²) in [6.45, 7) is 13.9. The molecule has 0 fully saturated rings. The van der Waals surface area contributed by atoms with Gasteiger partial charge >= 0.3 is 0 Å². The van der Waals surface area contributed by atoms with Crippen molar-refractivity contribution in [2.24, 2.45) is 4.99 Å². The number of allylic oxidation sites excluding steroid dienone is 1.